The van der Waals surface area contributed by atoms with Crippen LogP contribution in [0.1, 0.15) is 18.2 Å². The van der Waals surface area contributed by atoms with Gasteiger partial charge >= 0.3 is 0 Å². The van der Waals surface area contributed by atoms with Gasteiger partial charge in [-0.05, 0) is 20.3 Å². The molecule has 0 saturated carbocycles. The van der Waals surface area contributed by atoms with Crippen molar-refractivity contribution in [1.82, 2.24) is 9.78 Å². The predicted octanol–water partition coefficient (Wildman–Crippen LogP) is 0.0990. The average molecular weight is 288 g/mol. The minimum atomic E-state index is -2.97. The van der Waals surface area contributed by atoms with E-state index in [0.29, 0.717) is 6.54 Å². The van der Waals surface area contributed by atoms with Crippen molar-refractivity contribution < 1.29 is 8.42 Å². The maximum absolute atomic E-state index is 11.3. The normalized spacial score (nSPS) is 13.6. The van der Waals surface area contributed by atoms with E-state index >= 15 is 0 Å². The number of nitrogens with zero attached hydrogens (tertiary/aromatic N) is 3. The van der Waals surface area contributed by atoms with Crippen molar-refractivity contribution in [2.45, 2.75) is 26.3 Å². The molecule has 0 saturated heterocycles. The number of aromatic nitrogens is 2. The smallest absolute Gasteiger partial charge is 0.149 e. The van der Waals surface area contributed by atoms with Crippen molar-refractivity contribution in [1.29, 1.82) is 0 Å². The zero-order valence-corrected chi connectivity index (χ0v) is 13.2. The topological polar surface area (TPSA) is 81.2 Å². The summed E-state index contributed by atoms with van der Waals surface area (Å²) in [6.07, 6.45) is 1.98. The van der Waals surface area contributed by atoms with Crippen molar-refractivity contribution in [3.05, 3.63) is 11.3 Å². The van der Waals surface area contributed by atoms with Crippen LogP contribution in [0.4, 0.5) is 5.82 Å². The maximum atomic E-state index is 11.3. The molecule has 0 spiro atoms. The molecule has 6 nitrogen and oxygen atoms in total. The molecule has 1 atom stereocenters. The van der Waals surface area contributed by atoms with Gasteiger partial charge in [0, 0.05) is 38.5 Å². The van der Waals surface area contributed by atoms with Crippen LogP contribution in [0.3, 0.4) is 0 Å². The van der Waals surface area contributed by atoms with Crippen LogP contribution in [-0.4, -0.2) is 49.8 Å². The highest BCUT2D eigenvalue weighted by molar-refractivity contribution is 7.90. The Morgan fingerprint density at radius 3 is 2.53 bits per heavy atom. The number of hydrogen-bond donors (Lipinski definition) is 1. The lowest BCUT2D eigenvalue weighted by Gasteiger charge is -2.21. The third-order valence-corrected chi connectivity index (χ3v) is 3.92. The Morgan fingerprint density at radius 2 is 2.05 bits per heavy atom. The van der Waals surface area contributed by atoms with Crippen LogP contribution in [0.5, 0.6) is 0 Å². The molecule has 2 N–H and O–H groups in total. The molecule has 7 heteroatoms. The van der Waals surface area contributed by atoms with Gasteiger partial charge in [-0.2, -0.15) is 5.10 Å². The van der Waals surface area contributed by atoms with Gasteiger partial charge < -0.3 is 10.6 Å². The van der Waals surface area contributed by atoms with E-state index in [9.17, 15) is 8.42 Å². The molecular weight excluding hydrogens is 264 g/mol. The summed E-state index contributed by atoms with van der Waals surface area (Å²) in [5, 5.41) is 4.40. The van der Waals surface area contributed by atoms with Gasteiger partial charge in [-0.1, -0.05) is 0 Å². The Kier molecular flexibility index (Phi) is 4.98. The van der Waals surface area contributed by atoms with Gasteiger partial charge in [0.25, 0.3) is 0 Å². The van der Waals surface area contributed by atoms with Crippen molar-refractivity contribution in [2.24, 2.45) is 12.8 Å². The van der Waals surface area contributed by atoms with Crippen molar-refractivity contribution >= 4 is 15.7 Å². The summed E-state index contributed by atoms with van der Waals surface area (Å²) >= 11 is 0. The van der Waals surface area contributed by atoms with E-state index in [1.165, 1.54) is 6.26 Å². The average Bonchev–Trinajstić information content (AvgIpc) is 2.49. The van der Waals surface area contributed by atoms with Crippen LogP contribution in [-0.2, 0) is 23.3 Å². The lowest BCUT2D eigenvalue weighted by Crippen LogP contribution is -2.28. The first-order valence-electron chi connectivity index (χ1n) is 6.28. The van der Waals surface area contributed by atoms with Crippen LogP contribution in [0.15, 0.2) is 0 Å². The fraction of sp³-hybridized carbons (Fsp3) is 0.750. The molecule has 1 aromatic rings. The van der Waals surface area contributed by atoms with Gasteiger partial charge in [-0.3, -0.25) is 4.68 Å². The molecule has 0 aliphatic carbocycles. The summed E-state index contributed by atoms with van der Waals surface area (Å²) in [6.45, 7) is 4.35. The van der Waals surface area contributed by atoms with Crippen LogP contribution in [0.25, 0.3) is 0 Å². The predicted molar refractivity (Wildman–Crippen MR) is 78.3 cm³/mol. The standard InChI is InChI=1S/C12H24N4O2S/c1-9(13)8-11-10(2)14-16(4)12(11)15(3)6-7-19(5,17)18/h9H,6-8,13H2,1-5H3. The van der Waals surface area contributed by atoms with E-state index in [4.69, 9.17) is 5.73 Å². The summed E-state index contributed by atoms with van der Waals surface area (Å²) in [4.78, 5) is 1.93. The van der Waals surface area contributed by atoms with Gasteiger partial charge in [-0.25, -0.2) is 8.42 Å². The fourth-order valence-corrected chi connectivity index (χ4v) is 2.74. The Morgan fingerprint density at radius 1 is 1.47 bits per heavy atom. The molecule has 1 heterocycles. The molecule has 1 rings (SSSR count). The highest BCUT2D eigenvalue weighted by Crippen LogP contribution is 2.23. The summed E-state index contributed by atoms with van der Waals surface area (Å²) < 4.78 is 24.3. The number of nitrogens with two attached hydrogens (primary N) is 1. The second-order valence-electron chi connectivity index (χ2n) is 5.24. The zero-order valence-electron chi connectivity index (χ0n) is 12.3. The summed E-state index contributed by atoms with van der Waals surface area (Å²) in [5.74, 6) is 1.07. The second kappa shape index (κ2) is 5.92. The molecule has 0 aliphatic rings. The Bertz CT molecular complexity index is 534. The number of aryl methyl sites for hydroxylation is 2. The van der Waals surface area contributed by atoms with Crippen LogP contribution in [0.2, 0.25) is 0 Å². The first-order valence-corrected chi connectivity index (χ1v) is 8.34. The van der Waals surface area contributed by atoms with Crippen molar-refractivity contribution in [3.63, 3.8) is 0 Å². The quantitative estimate of drug-likeness (QED) is 0.803. The monoisotopic (exact) mass is 288 g/mol. The number of rotatable bonds is 6. The maximum Gasteiger partial charge on any atom is 0.149 e. The van der Waals surface area contributed by atoms with E-state index < -0.39 is 9.84 Å². The third-order valence-electron chi connectivity index (χ3n) is 3.00. The van der Waals surface area contributed by atoms with E-state index in [0.717, 1.165) is 23.5 Å². The molecule has 110 valence electrons. The highest BCUT2D eigenvalue weighted by atomic mass is 32.2. The summed E-state index contributed by atoms with van der Waals surface area (Å²) in [7, 11) is 0.781. The van der Waals surface area contributed by atoms with Crippen LogP contribution in [0, 0.1) is 6.92 Å². The molecule has 0 fully saturated rings. The summed E-state index contributed by atoms with van der Waals surface area (Å²) in [6, 6.07) is 0.0463. The van der Waals surface area contributed by atoms with E-state index in [-0.39, 0.29) is 11.8 Å². The van der Waals surface area contributed by atoms with E-state index in [1.54, 1.807) is 4.68 Å². The fourth-order valence-electron chi connectivity index (χ4n) is 2.14. The van der Waals surface area contributed by atoms with E-state index in [1.807, 2.05) is 32.8 Å². The molecule has 19 heavy (non-hydrogen) atoms. The Labute approximate surface area is 115 Å². The van der Waals surface area contributed by atoms with Crippen molar-refractivity contribution in [3.8, 4) is 0 Å². The third kappa shape index (κ3) is 4.50. The minimum absolute atomic E-state index is 0.0463. The van der Waals surface area contributed by atoms with Gasteiger partial charge in [0.2, 0.25) is 0 Å². The van der Waals surface area contributed by atoms with Crippen LogP contribution < -0.4 is 10.6 Å². The Hall–Kier alpha value is -1.08. The lowest BCUT2D eigenvalue weighted by atomic mass is 10.1. The van der Waals surface area contributed by atoms with Crippen LogP contribution >= 0.6 is 0 Å². The first-order chi connectivity index (χ1) is 8.61. The molecule has 0 aliphatic heterocycles. The minimum Gasteiger partial charge on any atom is -0.359 e. The largest absolute Gasteiger partial charge is 0.359 e. The lowest BCUT2D eigenvalue weighted by molar-refractivity contribution is 0.600. The number of anilines is 1. The zero-order chi connectivity index (χ0) is 14.8. The van der Waals surface area contributed by atoms with Gasteiger partial charge in [0.15, 0.2) is 0 Å². The molecule has 0 radical (unpaired) electrons. The molecule has 1 unspecified atom stereocenters. The van der Waals surface area contributed by atoms with Gasteiger partial charge in [0.1, 0.15) is 15.7 Å². The first kappa shape index (κ1) is 16.0. The van der Waals surface area contributed by atoms with Gasteiger partial charge in [0.05, 0.1) is 11.4 Å². The summed E-state index contributed by atoms with van der Waals surface area (Å²) in [5.41, 5.74) is 7.90. The number of sulfone groups is 1. The molecule has 0 aromatic carbocycles. The molecule has 1 aromatic heterocycles. The molecule has 0 bridgehead atoms. The molecular formula is C12H24N4O2S. The second-order valence-corrected chi connectivity index (χ2v) is 7.50. The highest BCUT2D eigenvalue weighted by Gasteiger charge is 2.18. The SMILES string of the molecule is Cc1nn(C)c(N(C)CCS(C)(=O)=O)c1CC(C)N. The molecule has 0 amide bonds. The van der Waals surface area contributed by atoms with Crippen molar-refractivity contribution in [2.75, 3.05) is 30.5 Å². The Balaban J connectivity index is 2.98. The van der Waals surface area contributed by atoms with Gasteiger partial charge in [-0.15, -0.1) is 0 Å². The van der Waals surface area contributed by atoms with E-state index in [2.05, 4.69) is 5.10 Å². The number of hydrogen-bond acceptors (Lipinski definition) is 5.